The van der Waals surface area contributed by atoms with Crippen LogP contribution < -0.4 is 5.32 Å². The van der Waals surface area contributed by atoms with E-state index >= 15 is 0 Å². The molecule has 1 aromatic rings. The number of carbonyl (C=O) groups is 2. The van der Waals surface area contributed by atoms with Crippen molar-refractivity contribution in [2.45, 2.75) is 33.4 Å². The third-order valence-corrected chi connectivity index (χ3v) is 3.26. The second-order valence-corrected chi connectivity index (χ2v) is 4.98. The van der Waals surface area contributed by atoms with Crippen LogP contribution in [0.1, 0.15) is 26.3 Å². The average Bonchev–Trinajstić information content (AvgIpc) is 2.44. The number of nitrogens with zero attached hydrogens (tertiary/aromatic N) is 1. The molecular formula is C14H18N2O2. The van der Waals surface area contributed by atoms with Gasteiger partial charge in [-0.05, 0) is 17.5 Å². The zero-order chi connectivity index (χ0) is 13.3. The minimum atomic E-state index is -0.408. The largest absolute Gasteiger partial charge is 0.326 e. The third kappa shape index (κ3) is 2.23. The predicted octanol–water partition coefficient (Wildman–Crippen LogP) is 2.01. The Morgan fingerprint density at radius 2 is 2.06 bits per heavy atom. The van der Waals surface area contributed by atoms with E-state index in [0.29, 0.717) is 6.54 Å². The fourth-order valence-electron chi connectivity index (χ4n) is 2.38. The molecule has 2 rings (SSSR count). The van der Waals surface area contributed by atoms with Gasteiger partial charge in [-0.2, -0.15) is 0 Å². The van der Waals surface area contributed by atoms with E-state index in [-0.39, 0.29) is 17.7 Å². The van der Waals surface area contributed by atoms with E-state index in [0.717, 1.165) is 11.3 Å². The van der Waals surface area contributed by atoms with Crippen molar-refractivity contribution in [2.24, 2.45) is 5.92 Å². The fraction of sp³-hybridized carbons (Fsp3) is 0.429. The summed E-state index contributed by atoms with van der Waals surface area (Å²) in [6.45, 7) is 5.90. The topological polar surface area (TPSA) is 49.4 Å². The fourth-order valence-corrected chi connectivity index (χ4v) is 2.38. The van der Waals surface area contributed by atoms with Crippen LogP contribution in [0.15, 0.2) is 24.3 Å². The maximum absolute atomic E-state index is 12.2. The zero-order valence-electron chi connectivity index (χ0n) is 10.9. The lowest BCUT2D eigenvalue weighted by molar-refractivity contribution is -0.138. The van der Waals surface area contributed by atoms with Crippen molar-refractivity contribution in [1.82, 2.24) is 4.90 Å². The highest BCUT2D eigenvalue weighted by molar-refractivity contribution is 5.98. The van der Waals surface area contributed by atoms with E-state index in [1.54, 1.807) is 4.90 Å². The molecule has 4 heteroatoms. The molecule has 18 heavy (non-hydrogen) atoms. The molecule has 0 bridgehead atoms. The quantitative estimate of drug-likeness (QED) is 0.824. The number of benzene rings is 1. The molecule has 0 aliphatic carbocycles. The summed E-state index contributed by atoms with van der Waals surface area (Å²) >= 11 is 0. The van der Waals surface area contributed by atoms with Crippen molar-refractivity contribution in [1.29, 1.82) is 0 Å². The molecule has 0 fully saturated rings. The first-order chi connectivity index (χ1) is 8.50. The van der Waals surface area contributed by atoms with Gasteiger partial charge in [0.1, 0.15) is 6.04 Å². The van der Waals surface area contributed by atoms with E-state index < -0.39 is 6.04 Å². The third-order valence-electron chi connectivity index (χ3n) is 3.26. The first-order valence-corrected chi connectivity index (χ1v) is 6.16. The first-order valence-electron chi connectivity index (χ1n) is 6.16. The summed E-state index contributed by atoms with van der Waals surface area (Å²) in [7, 11) is 0. The van der Waals surface area contributed by atoms with Crippen LogP contribution in [0.25, 0.3) is 0 Å². The Kier molecular flexibility index (Phi) is 3.36. The molecule has 1 N–H and O–H groups in total. The molecule has 1 unspecified atom stereocenters. The van der Waals surface area contributed by atoms with Crippen molar-refractivity contribution >= 4 is 17.5 Å². The molecule has 1 aliphatic heterocycles. The highest BCUT2D eigenvalue weighted by Gasteiger charge is 2.33. The van der Waals surface area contributed by atoms with Crippen LogP contribution in [0, 0.1) is 5.92 Å². The van der Waals surface area contributed by atoms with Gasteiger partial charge in [-0.3, -0.25) is 9.59 Å². The number of carbonyl (C=O) groups excluding carboxylic acids is 2. The zero-order valence-corrected chi connectivity index (χ0v) is 10.9. The average molecular weight is 246 g/mol. The molecule has 1 aromatic carbocycles. The Labute approximate surface area is 107 Å². The summed E-state index contributed by atoms with van der Waals surface area (Å²) in [6.07, 6.45) is 0. The Hall–Kier alpha value is -1.84. The van der Waals surface area contributed by atoms with E-state index in [4.69, 9.17) is 0 Å². The summed E-state index contributed by atoms with van der Waals surface area (Å²) in [5.74, 6) is -0.0890. The van der Waals surface area contributed by atoms with Crippen molar-refractivity contribution < 1.29 is 9.59 Å². The summed E-state index contributed by atoms with van der Waals surface area (Å²) in [5.41, 5.74) is 1.78. The smallest absolute Gasteiger partial charge is 0.247 e. The number of rotatable bonds is 1. The highest BCUT2D eigenvalue weighted by Crippen LogP contribution is 2.25. The molecule has 0 radical (unpaired) electrons. The molecular weight excluding hydrogens is 228 g/mol. The van der Waals surface area contributed by atoms with Crippen molar-refractivity contribution in [3.63, 3.8) is 0 Å². The van der Waals surface area contributed by atoms with Crippen LogP contribution in [-0.4, -0.2) is 22.8 Å². The number of fused-ring (bicyclic) bond motifs is 1. The number of hydrogen-bond donors (Lipinski definition) is 1. The van der Waals surface area contributed by atoms with Gasteiger partial charge in [-0.15, -0.1) is 0 Å². The first kappa shape index (κ1) is 12.6. The van der Waals surface area contributed by atoms with Crippen molar-refractivity contribution in [3.05, 3.63) is 29.8 Å². The number of nitrogens with one attached hydrogen (secondary N) is 1. The molecule has 96 valence electrons. The van der Waals surface area contributed by atoms with Gasteiger partial charge in [0.15, 0.2) is 0 Å². The molecule has 1 aliphatic rings. The SMILES string of the molecule is CC(=O)N1Cc2ccccc2NC(=O)C1C(C)C. The van der Waals surface area contributed by atoms with Crippen LogP contribution in [-0.2, 0) is 16.1 Å². The van der Waals surface area contributed by atoms with Gasteiger partial charge in [0, 0.05) is 19.2 Å². The summed E-state index contributed by atoms with van der Waals surface area (Å²) in [5, 5.41) is 2.91. The standard InChI is InChI=1S/C14H18N2O2/c1-9(2)13-14(18)15-12-7-5-4-6-11(12)8-16(13)10(3)17/h4-7,9,13H,8H2,1-3H3,(H,15,18). The van der Waals surface area contributed by atoms with E-state index in [2.05, 4.69) is 5.32 Å². The monoisotopic (exact) mass is 246 g/mol. The lowest BCUT2D eigenvalue weighted by Gasteiger charge is -2.30. The minimum Gasteiger partial charge on any atom is -0.326 e. The van der Waals surface area contributed by atoms with Crippen LogP contribution in [0.4, 0.5) is 5.69 Å². The Bertz CT molecular complexity index is 482. The molecule has 1 atom stereocenters. The molecule has 0 saturated carbocycles. The van der Waals surface area contributed by atoms with Gasteiger partial charge in [0.05, 0.1) is 0 Å². The van der Waals surface area contributed by atoms with Gasteiger partial charge in [-0.1, -0.05) is 32.0 Å². The molecule has 1 heterocycles. The Morgan fingerprint density at radius 3 is 2.67 bits per heavy atom. The summed E-state index contributed by atoms with van der Waals surface area (Å²) in [4.78, 5) is 25.6. The number of hydrogen-bond acceptors (Lipinski definition) is 2. The van der Waals surface area contributed by atoms with Crippen LogP contribution in [0.3, 0.4) is 0 Å². The maximum atomic E-state index is 12.2. The number of amides is 2. The maximum Gasteiger partial charge on any atom is 0.247 e. The van der Waals surface area contributed by atoms with Gasteiger partial charge in [0.2, 0.25) is 11.8 Å². The van der Waals surface area contributed by atoms with Gasteiger partial charge in [-0.25, -0.2) is 0 Å². The van der Waals surface area contributed by atoms with E-state index in [1.165, 1.54) is 6.92 Å². The van der Waals surface area contributed by atoms with Crippen LogP contribution >= 0.6 is 0 Å². The second-order valence-electron chi connectivity index (χ2n) is 4.98. The summed E-state index contributed by atoms with van der Waals surface area (Å²) in [6, 6.07) is 7.20. The second kappa shape index (κ2) is 4.80. The van der Waals surface area contributed by atoms with Gasteiger partial charge >= 0.3 is 0 Å². The molecule has 2 amide bonds. The molecule has 0 saturated heterocycles. The molecule has 0 aromatic heterocycles. The number of para-hydroxylation sites is 1. The van der Waals surface area contributed by atoms with Gasteiger partial charge < -0.3 is 10.2 Å². The normalized spacial score (nSPS) is 19.2. The lowest BCUT2D eigenvalue weighted by atomic mass is 10.0. The Balaban J connectivity index is 2.44. The molecule has 4 nitrogen and oxygen atoms in total. The minimum absolute atomic E-state index is 0.0689. The van der Waals surface area contributed by atoms with E-state index in [9.17, 15) is 9.59 Å². The lowest BCUT2D eigenvalue weighted by Crippen LogP contribution is -2.47. The van der Waals surface area contributed by atoms with E-state index in [1.807, 2.05) is 38.1 Å². The van der Waals surface area contributed by atoms with Crippen LogP contribution in [0.2, 0.25) is 0 Å². The van der Waals surface area contributed by atoms with Crippen molar-refractivity contribution in [2.75, 3.05) is 5.32 Å². The predicted molar refractivity (Wildman–Crippen MR) is 69.9 cm³/mol. The Morgan fingerprint density at radius 1 is 1.39 bits per heavy atom. The molecule has 0 spiro atoms. The highest BCUT2D eigenvalue weighted by atomic mass is 16.2. The van der Waals surface area contributed by atoms with Gasteiger partial charge in [0.25, 0.3) is 0 Å². The number of anilines is 1. The van der Waals surface area contributed by atoms with Crippen LogP contribution in [0.5, 0.6) is 0 Å². The summed E-state index contributed by atoms with van der Waals surface area (Å²) < 4.78 is 0. The van der Waals surface area contributed by atoms with Crippen molar-refractivity contribution in [3.8, 4) is 0 Å².